The number of rotatable bonds is 4. The monoisotopic (exact) mass is 353 g/mol. The number of nitrogens with two attached hydrogens (primary N) is 2. The third-order valence-electron chi connectivity index (χ3n) is 4.47. The van der Waals surface area contributed by atoms with Crippen LogP contribution in [0, 0.1) is 26.2 Å². The molecule has 1 aromatic heterocycles. The zero-order chi connectivity index (χ0) is 18.9. The summed E-state index contributed by atoms with van der Waals surface area (Å²) in [6.07, 6.45) is 7.52. The van der Waals surface area contributed by atoms with E-state index < -0.39 is 5.41 Å². The smallest absolute Gasteiger partial charge is 0.221 e. The van der Waals surface area contributed by atoms with E-state index in [1.54, 1.807) is 20.4 Å². The molecule has 0 saturated heterocycles. The lowest BCUT2D eigenvalue weighted by Gasteiger charge is -2.31. The van der Waals surface area contributed by atoms with Gasteiger partial charge in [-0.15, -0.1) is 6.42 Å². The summed E-state index contributed by atoms with van der Waals surface area (Å²) in [7, 11) is 6.82. The predicted octanol–water partition coefficient (Wildman–Crippen LogP) is 1.01. The molecule has 1 heterocycles. The van der Waals surface area contributed by atoms with Gasteiger partial charge in [0.25, 0.3) is 0 Å². The first-order valence-electron chi connectivity index (χ1n) is 7.56. The molecule has 2 rings (SSSR count). The summed E-state index contributed by atoms with van der Waals surface area (Å²) in [5.41, 5.74) is 14.1. The molecule has 0 spiro atoms. The molecule has 3 radical (unpaired) electrons. The largest absolute Gasteiger partial charge is 0.493 e. The van der Waals surface area contributed by atoms with Gasteiger partial charge in [0.1, 0.15) is 5.82 Å². The predicted molar refractivity (Wildman–Crippen MR) is 101 cm³/mol. The van der Waals surface area contributed by atoms with E-state index in [2.05, 4.69) is 26.1 Å². The molecule has 129 valence electrons. The van der Waals surface area contributed by atoms with Crippen molar-refractivity contribution in [2.24, 2.45) is 0 Å². The highest BCUT2D eigenvalue weighted by Crippen LogP contribution is 2.42. The van der Waals surface area contributed by atoms with Gasteiger partial charge < -0.3 is 20.9 Å². The highest BCUT2D eigenvalue weighted by atomic mass is 28.1. The zero-order valence-corrected chi connectivity index (χ0v) is 16.0. The average molecular weight is 353 g/mol. The van der Waals surface area contributed by atoms with Crippen molar-refractivity contribution in [3.63, 3.8) is 0 Å². The van der Waals surface area contributed by atoms with Crippen LogP contribution in [0.3, 0.4) is 0 Å². The third kappa shape index (κ3) is 2.79. The van der Waals surface area contributed by atoms with Gasteiger partial charge in [-0.2, -0.15) is 4.98 Å². The van der Waals surface area contributed by atoms with E-state index in [0.717, 1.165) is 21.9 Å². The number of nitrogen functional groups attached to an aromatic ring is 2. The van der Waals surface area contributed by atoms with E-state index >= 15 is 0 Å². The Balaban J connectivity index is 2.91. The van der Waals surface area contributed by atoms with E-state index in [9.17, 15) is 0 Å². The molecule has 1 unspecified atom stereocenters. The van der Waals surface area contributed by atoms with E-state index in [4.69, 9.17) is 27.4 Å². The minimum absolute atomic E-state index is 0.0992. The number of hydrogen-bond acceptors (Lipinski definition) is 6. The molecule has 1 aromatic carbocycles. The summed E-state index contributed by atoms with van der Waals surface area (Å²) in [5, 5.41) is 0.761. The van der Waals surface area contributed by atoms with Crippen LogP contribution >= 0.6 is 0 Å². The molecule has 2 aromatic rings. The van der Waals surface area contributed by atoms with Gasteiger partial charge in [0.2, 0.25) is 5.95 Å². The van der Waals surface area contributed by atoms with Gasteiger partial charge in [-0.05, 0) is 37.1 Å². The minimum atomic E-state index is -0.882. The van der Waals surface area contributed by atoms with Crippen molar-refractivity contribution < 1.29 is 9.47 Å². The molecule has 4 N–H and O–H groups in total. The number of hydrogen-bond donors (Lipinski definition) is 2. The first-order valence-corrected chi connectivity index (χ1v) is 8.06. The number of anilines is 2. The molecular weight excluding hydrogens is 332 g/mol. The Bertz CT molecular complexity index is 877. The van der Waals surface area contributed by atoms with E-state index in [1.165, 1.54) is 0 Å². The Kier molecular flexibility index (Phi) is 4.95. The van der Waals surface area contributed by atoms with Crippen LogP contribution in [0.2, 0.25) is 0 Å². The molecule has 0 bridgehead atoms. The molecule has 1 atom stereocenters. The van der Waals surface area contributed by atoms with Gasteiger partial charge >= 0.3 is 0 Å². The van der Waals surface area contributed by atoms with Crippen molar-refractivity contribution >= 4 is 27.2 Å². The van der Waals surface area contributed by atoms with E-state index in [1.807, 2.05) is 20.8 Å². The van der Waals surface area contributed by atoms with Gasteiger partial charge in [-0.3, -0.25) is 0 Å². The van der Waals surface area contributed by atoms with Gasteiger partial charge in [0.05, 0.1) is 29.9 Å². The molecule has 0 aliphatic carbocycles. The third-order valence-corrected chi connectivity index (χ3v) is 5.07. The second-order valence-electron chi connectivity index (χ2n) is 5.86. The standard InChI is InChI=1S/C18H21N4O2Si/c1-7-18(4,11-8-21-17(20)22-16(11)19)12-9(2)13(23-5)14(24-6)15(25)10(12)3/h1,8H,2-6H3,(H4,19,20,21,22). The van der Waals surface area contributed by atoms with Crippen LogP contribution in [-0.4, -0.2) is 34.4 Å². The van der Waals surface area contributed by atoms with Crippen molar-refractivity contribution in [1.29, 1.82) is 0 Å². The van der Waals surface area contributed by atoms with Crippen LogP contribution in [0.15, 0.2) is 6.20 Å². The molecule has 0 saturated carbocycles. The Hall–Kier alpha value is -2.72. The normalized spacial score (nSPS) is 13.0. The molecule has 7 heteroatoms. The van der Waals surface area contributed by atoms with Crippen LogP contribution in [-0.2, 0) is 5.41 Å². The second-order valence-corrected chi connectivity index (χ2v) is 6.36. The Morgan fingerprint density at radius 3 is 2.24 bits per heavy atom. The number of benzene rings is 1. The van der Waals surface area contributed by atoms with Crippen molar-refractivity contribution in [2.45, 2.75) is 26.2 Å². The van der Waals surface area contributed by atoms with Crippen molar-refractivity contribution in [3.05, 3.63) is 28.5 Å². The molecule has 0 amide bonds. The molecule has 6 nitrogen and oxygen atoms in total. The summed E-state index contributed by atoms with van der Waals surface area (Å²) in [6, 6.07) is 0. The lowest BCUT2D eigenvalue weighted by molar-refractivity contribution is 0.354. The molecule has 0 fully saturated rings. The van der Waals surface area contributed by atoms with Crippen molar-refractivity contribution in [3.8, 4) is 23.8 Å². The SMILES string of the molecule is C#CC(C)(c1cnc(N)nc1N)c1c(C)c([Si])c(OC)c(OC)c1C. The number of methoxy groups -OCH3 is 2. The minimum Gasteiger partial charge on any atom is -0.493 e. The lowest BCUT2D eigenvalue weighted by Crippen LogP contribution is -2.30. The topological polar surface area (TPSA) is 96.3 Å². The number of ether oxygens (including phenoxy) is 2. The maximum absolute atomic E-state index is 6.09. The van der Waals surface area contributed by atoms with Gasteiger partial charge in [0.15, 0.2) is 11.5 Å². The average Bonchev–Trinajstić information content (AvgIpc) is 2.57. The molecule has 0 aliphatic heterocycles. The van der Waals surface area contributed by atoms with Gasteiger partial charge in [-0.25, -0.2) is 4.98 Å². The first-order chi connectivity index (χ1) is 11.7. The number of nitrogens with zero attached hydrogens (tertiary/aromatic N) is 2. The fourth-order valence-electron chi connectivity index (χ4n) is 3.24. The summed E-state index contributed by atoms with van der Waals surface area (Å²) in [5.74, 6) is 4.41. The number of terminal acetylenes is 1. The summed E-state index contributed by atoms with van der Waals surface area (Å²) in [4.78, 5) is 8.11. The molecule has 25 heavy (non-hydrogen) atoms. The first kappa shape index (κ1) is 18.6. The van der Waals surface area contributed by atoms with Crippen molar-refractivity contribution in [2.75, 3.05) is 25.7 Å². The summed E-state index contributed by atoms with van der Waals surface area (Å²) < 4.78 is 11.0. The summed E-state index contributed by atoms with van der Waals surface area (Å²) in [6.45, 7) is 5.78. The van der Waals surface area contributed by atoms with Crippen LogP contribution in [0.5, 0.6) is 11.5 Å². The maximum atomic E-state index is 6.09. The Morgan fingerprint density at radius 1 is 1.16 bits per heavy atom. The highest BCUT2D eigenvalue weighted by Gasteiger charge is 2.35. The second kappa shape index (κ2) is 6.65. The van der Waals surface area contributed by atoms with Crippen LogP contribution in [0.25, 0.3) is 0 Å². The zero-order valence-electron chi connectivity index (χ0n) is 15.0. The fourth-order valence-corrected chi connectivity index (χ4v) is 3.58. The number of aromatic nitrogens is 2. The lowest BCUT2D eigenvalue weighted by atomic mass is 9.73. The van der Waals surface area contributed by atoms with Gasteiger partial charge in [-0.1, -0.05) is 5.92 Å². The highest BCUT2D eigenvalue weighted by molar-refractivity contribution is 6.36. The molecular formula is C18H21N4O2Si. The van der Waals surface area contributed by atoms with Crippen molar-refractivity contribution in [1.82, 2.24) is 9.97 Å². The maximum Gasteiger partial charge on any atom is 0.221 e. The van der Waals surface area contributed by atoms with E-state index in [0.29, 0.717) is 17.1 Å². The van der Waals surface area contributed by atoms with Crippen LogP contribution < -0.4 is 26.1 Å². The van der Waals surface area contributed by atoms with E-state index in [-0.39, 0.29) is 11.8 Å². The van der Waals surface area contributed by atoms with Crippen LogP contribution in [0.4, 0.5) is 11.8 Å². The summed E-state index contributed by atoms with van der Waals surface area (Å²) >= 11 is 0. The fraction of sp³-hybridized carbons (Fsp3) is 0.333. The quantitative estimate of drug-likeness (QED) is 0.629. The van der Waals surface area contributed by atoms with Crippen LogP contribution in [0.1, 0.15) is 29.2 Å². The molecule has 0 aliphatic rings. The Morgan fingerprint density at radius 2 is 1.76 bits per heavy atom. The van der Waals surface area contributed by atoms with Gasteiger partial charge in [0, 0.05) is 17.3 Å². The Labute approximate surface area is 151 Å².